The average molecular weight is 157 g/mol. The van der Waals surface area contributed by atoms with E-state index in [0.717, 1.165) is 0 Å². The van der Waals surface area contributed by atoms with Crippen LogP contribution in [0.5, 0.6) is 0 Å². The molecule has 0 heterocycles. The lowest BCUT2D eigenvalue weighted by molar-refractivity contribution is -0.118. The Morgan fingerprint density at radius 1 is 1.36 bits per heavy atom. The summed E-state index contributed by atoms with van der Waals surface area (Å²) < 4.78 is 0. The van der Waals surface area contributed by atoms with Gasteiger partial charge in [0.15, 0.2) is 0 Å². The first-order valence-electron chi connectivity index (χ1n) is 4.11. The molecule has 0 aromatic carbocycles. The van der Waals surface area contributed by atoms with Gasteiger partial charge >= 0.3 is 0 Å². The van der Waals surface area contributed by atoms with Crippen LogP contribution in [0.3, 0.4) is 0 Å². The second-order valence-corrected chi connectivity index (χ2v) is 3.68. The van der Waals surface area contributed by atoms with E-state index in [9.17, 15) is 4.79 Å². The van der Waals surface area contributed by atoms with Crippen LogP contribution in [0, 0.1) is 5.92 Å². The predicted octanol–water partition coefficient (Wildman–Crippen LogP) is 1.55. The van der Waals surface area contributed by atoms with Gasteiger partial charge in [0.2, 0.25) is 0 Å². The van der Waals surface area contributed by atoms with Crippen molar-refractivity contribution in [2.75, 3.05) is 14.1 Å². The number of nitrogens with zero attached hydrogens (tertiary/aromatic N) is 1. The zero-order valence-corrected chi connectivity index (χ0v) is 8.22. The number of carbonyl (C=O) groups is 1. The smallest absolute Gasteiger partial charge is 0.131 e. The van der Waals surface area contributed by atoms with Gasteiger partial charge in [-0.15, -0.1) is 0 Å². The Bertz CT molecular complexity index is 122. The van der Waals surface area contributed by atoms with E-state index in [0.29, 0.717) is 18.4 Å². The number of hydrogen-bond acceptors (Lipinski definition) is 2. The van der Waals surface area contributed by atoms with Crippen molar-refractivity contribution in [2.24, 2.45) is 5.92 Å². The number of hydrogen-bond donors (Lipinski definition) is 0. The van der Waals surface area contributed by atoms with Crippen LogP contribution in [0.25, 0.3) is 0 Å². The van der Waals surface area contributed by atoms with E-state index in [1.807, 2.05) is 14.1 Å². The Hall–Kier alpha value is -0.370. The van der Waals surface area contributed by atoms with E-state index in [1.165, 1.54) is 0 Å². The summed E-state index contributed by atoms with van der Waals surface area (Å²) in [5, 5.41) is 0. The monoisotopic (exact) mass is 157 g/mol. The third-order valence-electron chi connectivity index (χ3n) is 1.93. The summed E-state index contributed by atoms with van der Waals surface area (Å²) in [6, 6.07) is 0.396. The summed E-state index contributed by atoms with van der Waals surface area (Å²) in [4.78, 5) is 13.0. The molecule has 1 atom stereocenters. The molecule has 0 saturated carbocycles. The minimum Gasteiger partial charge on any atom is -0.306 e. The maximum atomic E-state index is 10.8. The van der Waals surface area contributed by atoms with Crippen LogP contribution in [0.15, 0.2) is 0 Å². The van der Waals surface area contributed by atoms with Crippen molar-refractivity contribution in [2.45, 2.75) is 33.2 Å². The molecule has 0 spiro atoms. The number of ketones is 1. The molecule has 0 fully saturated rings. The highest BCUT2D eigenvalue weighted by Gasteiger charge is 2.16. The van der Waals surface area contributed by atoms with Gasteiger partial charge in [-0.3, -0.25) is 4.79 Å². The van der Waals surface area contributed by atoms with Crippen molar-refractivity contribution in [1.82, 2.24) is 4.90 Å². The van der Waals surface area contributed by atoms with Gasteiger partial charge in [-0.1, -0.05) is 13.8 Å². The Morgan fingerprint density at radius 3 is 1.91 bits per heavy atom. The van der Waals surface area contributed by atoms with E-state index in [-0.39, 0.29) is 5.78 Å². The molecule has 2 heteroatoms. The summed E-state index contributed by atoms with van der Waals surface area (Å²) in [7, 11) is 4.04. The molecule has 0 aliphatic heterocycles. The molecule has 0 bridgehead atoms. The second-order valence-electron chi connectivity index (χ2n) is 3.68. The van der Waals surface area contributed by atoms with Crippen LogP contribution in [0.1, 0.15) is 27.2 Å². The summed E-state index contributed by atoms with van der Waals surface area (Å²) in [6.07, 6.45) is 0.671. The normalized spacial score (nSPS) is 14.1. The zero-order chi connectivity index (χ0) is 9.02. The van der Waals surface area contributed by atoms with Gasteiger partial charge in [0, 0.05) is 12.5 Å². The Kier molecular flexibility index (Phi) is 4.34. The predicted molar refractivity (Wildman–Crippen MR) is 47.6 cm³/mol. The van der Waals surface area contributed by atoms with Crippen LogP contribution < -0.4 is 0 Å². The SMILES string of the molecule is CC(=O)CC(C(C)C)N(C)C. The molecule has 2 nitrogen and oxygen atoms in total. The standard InChI is InChI=1S/C9H19NO/c1-7(2)9(10(4)5)6-8(3)11/h7,9H,6H2,1-5H3. The number of Topliss-reactive ketones (excluding diaryl/α,β-unsaturated/α-hetero) is 1. The lowest BCUT2D eigenvalue weighted by atomic mass is 9.98. The molecule has 0 aromatic heterocycles. The molecule has 0 aromatic rings. The molecule has 1 unspecified atom stereocenters. The van der Waals surface area contributed by atoms with E-state index in [2.05, 4.69) is 18.7 Å². The molecule has 0 aliphatic carbocycles. The maximum absolute atomic E-state index is 10.8. The number of rotatable bonds is 4. The largest absolute Gasteiger partial charge is 0.306 e. The van der Waals surface area contributed by atoms with Gasteiger partial charge in [0.05, 0.1) is 0 Å². The molecule has 0 saturated heterocycles. The zero-order valence-electron chi connectivity index (χ0n) is 8.22. The molecule has 0 amide bonds. The molecular formula is C9H19NO. The Morgan fingerprint density at radius 2 is 1.82 bits per heavy atom. The van der Waals surface area contributed by atoms with Crippen LogP contribution in [-0.2, 0) is 4.79 Å². The van der Waals surface area contributed by atoms with Gasteiger partial charge < -0.3 is 4.90 Å². The summed E-state index contributed by atoms with van der Waals surface area (Å²) in [6.45, 7) is 5.94. The fourth-order valence-corrected chi connectivity index (χ4v) is 1.31. The van der Waals surface area contributed by atoms with E-state index < -0.39 is 0 Å². The van der Waals surface area contributed by atoms with Crippen molar-refractivity contribution in [1.29, 1.82) is 0 Å². The van der Waals surface area contributed by atoms with Crippen LogP contribution >= 0.6 is 0 Å². The minimum absolute atomic E-state index is 0.275. The van der Waals surface area contributed by atoms with Crippen LogP contribution in [0.4, 0.5) is 0 Å². The third kappa shape index (κ3) is 4.14. The van der Waals surface area contributed by atoms with E-state index in [1.54, 1.807) is 6.92 Å². The maximum Gasteiger partial charge on any atom is 0.131 e. The molecule has 66 valence electrons. The van der Waals surface area contributed by atoms with Crippen molar-refractivity contribution in [3.05, 3.63) is 0 Å². The second kappa shape index (κ2) is 4.50. The molecule has 0 N–H and O–H groups in total. The van der Waals surface area contributed by atoms with Crippen molar-refractivity contribution < 1.29 is 4.79 Å². The van der Waals surface area contributed by atoms with Gasteiger partial charge in [0.25, 0.3) is 0 Å². The topological polar surface area (TPSA) is 20.3 Å². The highest BCUT2D eigenvalue weighted by Crippen LogP contribution is 2.11. The lowest BCUT2D eigenvalue weighted by Gasteiger charge is -2.26. The Balaban J connectivity index is 4.00. The summed E-state index contributed by atoms with van der Waals surface area (Å²) >= 11 is 0. The molecule has 11 heavy (non-hydrogen) atoms. The molecule has 0 radical (unpaired) electrons. The highest BCUT2D eigenvalue weighted by molar-refractivity contribution is 5.76. The van der Waals surface area contributed by atoms with Crippen molar-refractivity contribution in [3.8, 4) is 0 Å². The van der Waals surface area contributed by atoms with Crippen LogP contribution in [-0.4, -0.2) is 30.8 Å². The number of carbonyl (C=O) groups excluding carboxylic acids is 1. The summed E-state index contributed by atoms with van der Waals surface area (Å²) in [5.74, 6) is 0.825. The van der Waals surface area contributed by atoms with E-state index >= 15 is 0 Å². The lowest BCUT2D eigenvalue weighted by Crippen LogP contribution is -2.34. The van der Waals surface area contributed by atoms with Gasteiger partial charge in [-0.05, 0) is 26.9 Å². The molecule has 0 rings (SSSR count). The quantitative estimate of drug-likeness (QED) is 0.617. The van der Waals surface area contributed by atoms with Crippen molar-refractivity contribution >= 4 is 5.78 Å². The molecule has 0 aliphatic rings. The average Bonchev–Trinajstić information content (AvgIpc) is 1.81. The van der Waals surface area contributed by atoms with Crippen LogP contribution in [0.2, 0.25) is 0 Å². The van der Waals surface area contributed by atoms with Gasteiger partial charge in [0.1, 0.15) is 5.78 Å². The van der Waals surface area contributed by atoms with E-state index in [4.69, 9.17) is 0 Å². The minimum atomic E-state index is 0.275. The first-order valence-corrected chi connectivity index (χ1v) is 4.11. The first kappa shape index (κ1) is 10.6. The first-order chi connectivity index (χ1) is 4.95. The van der Waals surface area contributed by atoms with Gasteiger partial charge in [-0.2, -0.15) is 0 Å². The third-order valence-corrected chi connectivity index (χ3v) is 1.93. The van der Waals surface area contributed by atoms with Crippen molar-refractivity contribution in [3.63, 3.8) is 0 Å². The summed E-state index contributed by atoms with van der Waals surface area (Å²) in [5.41, 5.74) is 0. The van der Waals surface area contributed by atoms with Gasteiger partial charge in [-0.25, -0.2) is 0 Å². The highest BCUT2D eigenvalue weighted by atomic mass is 16.1. The molecular weight excluding hydrogens is 138 g/mol. The Labute approximate surface area is 69.6 Å². The fraction of sp³-hybridized carbons (Fsp3) is 0.889. The fourth-order valence-electron chi connectivity index (χ4n) is 1.31.